The van der Waals surface area contributed by atoms with Crippen LogP contribution in [-0.4, -0.2) is 17.6 Å². The fraction of sp³-hybridized carbons (Fsp3) is 0.125. The van der Waals surface area contributed by atoms with E-state index in [9.17, 15) is 4.79 Å². The van der Waals surface area contributed by atoms with E-state index in [4.69, 9.17) is 20.9 Å². The Bertz CT molecular complexity index is 682. The molecule has 0 bridgehead atoms. The standard InChI is InChI=1S/C16H17N3O3/c1-2-21-15(20)8-7-13-14(9-10-19-16(13)18)22-12-5-3-11(17)4-6-12/h3-10H,2,17H2,1H3,(H2,18,19). The van der Waals surface area contributed by atoms with Gasteiger partial charge in [-0.2, -0.15) is 0 Å². The highest BCUT2D eigenvalue weighted by Gasteiger charge is 2.08. The molecular weight excluding hydrogens is 282 g/mol. The van der Waals surface area contributed by atoms with Crippen molar-refractivity contribution in [1.82, 2.24) is 4.98 Å². The van der Waals surface area contributed by atoms with Crippen molar-refractivity contribution >= 4 is 23.6 Å². The van der Waals surface area contributed by atoms with Crippen LogP contribution in [0.15, 0.2) is 42.6 Å². The van der Waals surface area contributed by atoms with E-state index in [0.717, 1.165) is 0 Å². The van der Waals surface area contributed by atoms with Gasteiger partial charge in [0.25, 0.3) is 0 Å². The van der Waals surface area contributed by atoms with Gasteiger partial charge in [-0.3, -0.25) is 0 Å². The highest BCUT2D eigenvalue weighted by molar-refractivity contribution is 5.88. The number of rotatable bonds is 5. The smallest absolute Gasteiger partial charge is 0.330 e. The Labute approximate surface area is 128 Å². The van der Waals surface area contributed by atoms with Crippen LogP contribution in [0.3, 0.4) is 0 Å². The summed E-state index contributed by atoms with van der Waals surface area (Å²) in [6, 6.07) is 8.61. The SMILES string of the molecule is CCOC(=O)C=Cc1c(Oc2ccc(N)cc2)ccnc1N. The Balaban J connectivity index is 2.26. The first-order valence-corrected chi connectivity index (χ1v) is 6.73. The predicted molar refractivity (Wildman–Crippen MR) is 85.2 cm³/mol. The van der Waals surface area contributed by atoms with Gasteiger partial charge < -0.3 is 20.9 Å². The Morgan fingerprint density at radius 2 is 1.95 bits per heavy atom. The molecule has 0 spiro atoms. The molecule has 4 N–H and O–H groups in total. The third-order valence-electron chi connectivity index (χ3n) is 2.76. The summed E-state index contributed by atoms with van der Waals surface area (Å²) in [5.41, 5.74) is 12.6. The second-order valence-electron chi connectivity index (χ2n) is 4.36. The van der Waals surface area contributed by atoms with E-state index in [1.165, 1.54) is 18.3 Å². The van der Waals surface area contributed by atoms with Crippen LogP contribution in [0.1, 0.15) is 12.5 Å². The number of hydrogen-bond donors (Lipinski definition) is 2. The Hall–Kier alpha value is -3.02. The Morgan fingerprint density at radius 3 is 2.64 bits per heavy atom. The molecule has 0 fully saturated rings. The number of nitrogen functional groups attached to an aromatic ring is 2. The molecule has 0 unspecified atom stereocenters. The summed E-state index contributed by atoms with van der Waals surface area (Å²) in [6.45, 7) is 2.04. The quantitative estimate of drug-likeness (QED) is 0.500. The van der Waals surface area contributed by atoms with Gasteiger partial charge in [0.2, 0.25) is 0 Å². The minimum absolute atomic E-state index is 0.258. The van der Waals surface area contributed by atoms with E-state index in [0.29, 0.717) is 29.4 Å². The average Bonchev–Trinajstić information content (AvgIpc) is 2.49. The topological polar surface area (TPSA) is 100 Å². The van der Waals surface area contributed by atoms with Crippen LogP contribution < -0.4 is 16.2 Å². The third kappa shape index (κ3) is 3.99. The maximum absolute atomic E-state index is 11.4. The summed E-state index contributed by atoms with van der Waals surface area (Å²) < 4.78 is 10.6. The summed E-state index contributed by atoms with van der Waals surface area (Å²) in [5, 5.41) is 0. The van der Waals surface area contributed by atoms with Gasteiger partial charge in [-0.1, -0.05) is 0 Å². The lowest BCUT2D eigenvalue weighted by Crippen LogP contribution is -2.00. The zero-order valence-electron chi connectivity index (χ0n) is 12.2. The fourth-order valence-electron chi connectivity index (χ4n) is 1.73. The van der Waals surface area contributed by atoms with E-state index in [1.807, 2.05) is 0 Å². The highest BCUT2D eigenvalue weighted by atomic mass is 16.5. The lowest BCUT2D eigenvalue weighted by Gasteiger charge is -2.10. The minimum atomic E-state index is -0.454. The second-order valence-corrected chi connectivity index (χ2v) is 4.36. The van der Waals surface area contributed by atoms with Gasteiger partial charge in [-0.15, -0.1) is 0 Å². The molecule has 0 saturated heterocycles. The van der Waals surface area contributed by atoms with Crippen molar-refractivity contribution in [3.63, 3.8) is 0 Å². The number of carbonyl (C=O) groups is 1. The van der Waals surface area contributed by atoms with Gasteiger partial charge in [-0.25, -0.2) is 9.78 Å². The van der Waals surface area contributed by atoms with E-state index in [1.54, 1.807) is 37.3 Å². The van der Waals surface area contributed by atoms with Crippen LogP contribution in [0, 0.1) is 0 Å². The molecule has 6 heteroatoms. The molecule has 0 amide bonds. The maximum Gasteiger partial charge on any atom is 0.330 e. The summed E-state index contributed by atoms with van der Waals surface area (Å²) in [5.74, 6) is 0.890. The number of hydrogen-bond acceptors (Lipinski definition) is 6. The van der Waals surface area contributed by atoms with Crippen molar-refractivity contribution in [2.75, 3.05) is 18.1 Å². The number of pyridine rings is 1. The van der Waals surface area contributed by atoms with Crippen LogP contribution in [0.2, 0.25) is 0 Å². The van der Waals surface area contributed by atoms with Gasteiger partial charge in [-0.05, 0) is 43.3 Å². The zero-order chi connectivity index (χ0) is 15.9. The van der Waals surface area contributed by atoms with Gasteiger partial charge in [0.05, 0.1) is 12.2 Å². The number of esters is 1. The predicted octanol–water partition coefficient (Wildman–Crippen LogP) is 2.61. The van der Waals surface area contributed by atoms with Crippen molar-refractivity contribution < 1.29 is 14.3 Å². The average molecular weight is 299 g/mol. The maximum atomic E-state index is 11.4. The normalized spacial score (nSPS) is 10.6. The van der Waals surface area contributed by atoms with E-state index in [-0.39, 0.29) is 5.82 Å². The molecule has 2 aromatic rings. The largest absolute Gasteiger partial charge is 0.463 e. The molecule has 1 aromatic carbocycles. The molecule has 0 atom stereocenters. The Morgan fingerprint density at radius 1 is 1.23 bits per heavy atom. The highest BCUT2D eigenvalue weighted by Crippen LogP contribution is 2.29. The summed E-state index contributed by atoms with van der Waals surface area (Å²) in [7, 11) is 0. The molecule has 6 nitrogen and oxygen atoms in total. The number of aromatic nitrogens is 1. The van der Waals surface area contributed by atoms with Crippen molar-refractivity contribution in [3.8, 4) is 11.5 Å². The number of nitrogens with zero attached hydrogens (tertiary/aromatic N) is 1. The van der Waals surface area contributed by atoms with Crippen molar-refractivity contribution in [2.24, 2.45) is 0 Å². The molecule has 0 aliphatic carbocycles. The first-order chi connectivity index (χ1) is 10.6. The molecule has 2 rings (SSSR count). The summed E-state index contributed by atoms with van der Waals surface area (Å²) in [6.07, 6.45) is 4.34. The minimum Gasteiger partial charge on any atom is -0.463 e. The molecule has 22 heavy (non-hydrogen) atoms. The molecular formula is C16H17N3O3. The van der Waals surface area contributed by atoms with Crippen molar-refractivity contribution in [1.29, 1.82) is 0 Å². The van der Waals surface area contributed by atoms with Crippen molar-refractivity contribution in [2.45, 2.75) is 6.92 Å². The molecule has 1 heterocycles. The molecule has 0 radical (unpaired) electrons. The van der Waals surface area contributed by atoms with Gasteiger partial charge in [0, 0.05) is 18.0 Å². The van der Waals surface area contributed by atoms with E-state index < -0.39 is 5.97 Å². The fourth-order valence-corrected chi connectivity index (χ4v) is 1.73. The molecule has 0 saturated carbocycles. The number of carbonyl (C=O) groups excluding carboxylic acids is 1. The van der Waals surface area contributed by atoms with Gasteiger partial charge in [0.1, 0.15) is 17.3 Å². The number of ether oxygens (including phenoxy) is 2. The van der Waals surface area contributed by atoms with Gasteiger partial charge in [0.15, 0.2) is 0 Å². The first kappa shape index (κ1) is 15.4. The molecule has 114 valence electrons. The number of benzene rings is 1. The molecule has 0 aliphatic heterocycles. The summed E-state index contributed by atoms with van der Waals surface area (Å²) >= 11 is 0. The van der Waals surface area contributed by atoms with Crippen LogP contribution in [-0.2, 0) is 9.53 Å². The molecule has 0 aliphatic rings. The van der Waals surface area contributed by atoms with Crippen LogP contribution in [0.4, 0.5) is 11.5 Å². The van der Waals surface area contributed by atoms with E-state index in [2.05, 4.69) is 4.98 Å². The number of nitrogens with two attached hydrogens (primary N) is 2. The second kappa shape index (κ2) is 7.12. The first-order valence-electron chi connectivity index (χ1n) is 6.73. The summed E-state index contributed by atoms with van der Waals surface area (Å²) in [4.78, 5) is 15.4. The third-order valence-corrected chi connectivity index (χ3v) is 2.76. The van der Waals surface area contributed by atoms with Gasteiger partial charge >= 0.3 is 5.97 Å². The molecule has 1 aromatic heterocycles. The van der Waals surface area contributed by atoms with Crippen LogP contribution in [0.25, 0.3) is 6.08 Å². The van der Waals surface area contributed by atoms with Crippen molar-refractivity contribution in [3.05, 3.63) is 48.2 Å². The van der Waals surface area contributed by atoms with E-state index >= 15 is 0 Å². The lowest BCUT2D eigenvalue weighted by atomic mass is 10.2. The number of anilines is 2. The monoisotopic (exact) mass is 299 g/mol. The lowest BCUT2D eigenvalue weighted by molar-refractivity contribution is -0.137. The zero-order valence-corrected chi connectivity index (χ0v) is 12.2. The van der Waals surface area contributed by atoms with Crippen LogP contribution >= 0.6 is 0 Å². The van der Waals surface area contributed by atoms with Crippen LogP contribution in [0.5, 0.6) is 11.5 Å². The Kier molecular flexibility index (Phi) is 4.98.